The molecule has 0 fully saturated rings. The van der Waals surface area contributed by atoms with Crippen molar-refractivity contribution in [2.24, 2.45) is 0 Å². The minimum atomic E-state index is -0.0949. The number of benzene rings is 1. The third-order valence-corrected chi connectivity index (χ3v) is 3.83. The maximum Gasteiger partial charge on any atom is 0.258 e. The van der Waals surface area contributed by atoms with Crippen molar-refractivity contribution in [3.8, 4) is 0 Å². The zero-order chi connectivity index (χ0) is 13.0. The number of aromatic nitrogens is 1. The predicted molar refractivity (Wildman–Crippen MR) is 78.5 cm³/mol. The summed E-state index contributed by atoms with van der Waals surface area (Å²) >= 11 is 3.06. The molecule has 1 N–H and O–H groups in total. The van der Waals surface area contributed by atoms with Crippen molar-refractivity contribution in [2.75, 3.05) is 11.6 Å². The van der Waals surface area contributed by atoms with E-state index in [1.807, 2.05) is 25.1 Å². The van der Waals surface area contributed by atoms with E-state index in [1.54, 1.807) is 17.1 Å². The van der Waals surface area contributed by atoms with E-state index in [0.29, 0.717) is 5.56 Å². The molecule has 94 valence electrons. The van der Waals surface area contributed by atoms with E-state index in [-0.39, 0.29) is 5.91 Å². The summed E-state index contributed by atoms with van der Waals surface area (Å²) in [6.07, 6.45) is 2.06. The Kier molecular flexibility index (Phi) is 4.38. The molecule has 2 rings (SSSR count). The zero-order valence-electron chi connectivity index (χ0n) is 10.3. The van der Waals surface area contributed by atoms with E-state index in [2.05, 4.69) is 22.0 Å². The number of nitrogens with zero attached hydrogens (tertiary/aromatic N) is 1. The molecule has 1 amide bonds. The number of carbonyl (C=O) groups excluding carboxylic acids is 1. The number of anilines is 1. The third-order valence-electron chi connectivity index (χ3n) is 2.49. The minimum Gasteiger partial charge on any atom is -0.322 e. The van der Waals surface area contributed by atoms with E-state index in [0.717, 1.165) is 17.1 Å². The van der Waals surface area contributed by atoms with Crippen LogP contribution < -0.4 is 5.32 Å². The molecule has 0 aliphatic rings. The molecule has 0 aliphatic heterocycles. The molecule has 5 heteroatoms. The fourth-order valence-corrected chi connectivity index (χ4v) is 2.82. The van der Waals surface area contributed by atoms with Crippen LogP contribution in [0.25, 0.3) is 0 Å². The Morgan fingerprint density at radius 3 is 3.00 bits per heavy atom. The van der Waals surface area contributed by atoms with Crippen LogP contribution in [0.5, 0.6) is 0 Å². The summed E-state index contributed by atoms with van der Waals surface area (Å²) in [5.41, 5.74) is 3.46. The van der Waals surface area contributed by atoms with E-state index in [4.69, 9.17) is 0 Å². The van der Waals surface area contributed by atoms with Crippen LogP contribution in [0.3, 0.4) is 0 Å². The lowest BCUT2D eigenvalue weighted by atomic mass is 10.2. The van der Waals surface area contributed by atoms with Crippen molar-refractivity contribution in [1.82, 2.24) is 4.37 Å². The fourth-order valence-electron chi connectivity index (χ4n) is 1.61. The number of aryl methyl sites for hydroxylation is 1. The maximum absolute atomic E-state index is 12.0. The molecule has 1 aromatic carbocycles. The number of hydrogen-bond acceptors (Lipinski definition) is 4. The van der Waals surface area contributed by atoms with Gasteiger partial charge in [-0.3, -0.25) is 4.79 Å². The van der Waals surface area contributed by atoms with Gasteiger partial charge >= 0.3 is 0 Å². The Balaban J connectivity index is 2.12. The lowest BCUT2D eigenvalue weighted by Crippen LogP contribution is -2.12. The molecule has 0 bridgehead atoms. The molecule has 0 saturated carbocycles. The molecule has 2 aromatic rings. The topological polar surface area (TPSA) is 42.0 Å². The number of amides is 1. The van der Waals surface area contributed by atoms with Crippen molar-refractivity contribution in [1.29, 1.82) is 0 Å². The summed E-state index contributed by atoms with van der Waals surface area (Å²) < 4.78 is 4.10. The Morgan fingerprint density at radius 2 is 2.33 bits per heavy atom. The lowest BCUT2D eigenvalue weighted by Gasteiger charge is -2.06. The molecular formula is C13H14N2OS2. The van der Waals surface area contributed by atoms with Gasteiger partial charge in [0.25, 0.3) is 5.91 Å². The van der Waals surface area contributed by atoms with Crippen LogP contribution in [-0.4, -0.2) is 16.5 Å². The van der Waals surface area contributed by atoms with Crippen molar-refractivity contribution in [2.45, 2.75) is 12.7 Å². The molecule has 0 unspecified atom stereocenters. The second-order valence-corrected chi connectivity index (χ2v) is 5.40. The lowest BCUT2D eigenvalue weighted by molar-refractivity contribution is 0.102. The number of hydrogen-bond donors (Lipinski definition) is 1. The first-order valence-corrected chi connectivity index (χ1v) is 7.74. The fraction of sp³-hybridized carbons (Fsp3) is 0.231. The van der Waals surface area contributed by atoms with Gasteiger partial charge in [-0.25, -0.2) is 0 Å². The number of carbonyl (C=O) groups is 1. The van der Waals surface area contributed by atoms with E-state index in [9.17, 15) is 4.79 Å². The second kappa shape index (κ2) is 6.02. The largest absolute Gasteiger partial charge is 0.322 e. The van der Waals surface area contributed by atoms with Crippen LogP contribution >= 0.6 is 23.3 Å². The zero-order valence-corrected chi connectivity index (χ0v) is 11.9. The average Bonchev–Trinajstić information content (AvgIpc) is 2.76. The van der Waals surface area contributed by atoms with Gasteiger partial charge in [0.2, 0.25) is 0 Å². The van der Waals surface area contributed by atoms with Crippen molar-refractivity contribution in [3.63, 3.8) is 0 Å². The highest BCUT2D eigenvalue weighted by Crippen LogP contribution is 2.17. The molecule has 1 aromatic heterocycles. The second-order valence-electron chi connectivity index (χ2n) is 3.90. The molecule has 0 spiro atoms. The molecular weight excluding hydrogens is 264 g/mol. The van der Waals surface area contributed by atoms with E-state index >= 15 is 0 Å². The normalized spacial score (nSPS) is 10.3. The Bertz CT molecular complexity index is 551. The smallest absolute Gasteiger partial charge is 0.258 e. The van der Waals surface area contributed by atoms with Crippen LogP contribution in [0.1, 0.15) is 21.6 Å². The van der Waals surface area contributed by atoms with Gasteiger partial charge in [0.05, 0.1) is 11.3 Å². The molecule has 0 atom stereocenters. The van der Waals surface area contributed by atoms with Gasteiger partial charge in [0.1, 0.15) is 0 Å². The monoisotopic (exact) mass is 278 g/mol. The van der Waals surface area contributed by atoms with Gasteiger partial charge < -0.3 is 5.32 Å². The summed E-state index contributed by atoms with van der Waals surface area (Å²) in [5, 5.41) is 4.68. The quantitative estimate of drug-likeness (QED) is 0.929. The minimum absolute atomic E-state index is 0.0949. The summed E-state index contributed by atoms with van der Waals surface area (Å²) in [6.45, 7) is 1.84. The molecule has 1 heterocycles. The molecule has 0 aliphatic carbocycles. The summed E-state index contributed by atoms with van der Waals surface area (Å²) in [6, 6.07) is 7.92. The Labute approximate surface area is 115 Å². The predicted octanol–water partition coefficient (Wildman–Crippen LogP) is 3.57. The van der Waals surface area contributed by atoms with Gasteiger partial charge in [0, 0.05) is 16.8 Å². The first-order valence-electron chi connectivity index (χ1n) is 5.51. The maximum atomic E-state index is 12.0. The summed E-state index contributed by atoms with van der Waals surface area (Å²) in [5.74, 6) is 0.852. The highest BCUT2D eigenvalue weighted by Gasteiger charge is 2.11. The van der Waals surface area contributed by atoms with Crippen LogP contribution in [0.15, 0.2) is 29.6 Å². The number of rotatable bonds is 4. The highest BCUT2D eigenvalue weighted by atomic mass is 32.2. The van der Waals surface area contributed by atoms with Crippen LogP contribution in [0.4, 0.5) is 5.69 Å². The van der Waals surface area contributed by atoms with Gasteiger partial charge in [0.15, 0.2) is 0 Å². The van der Waals surface area contributed by atoms with Gasteiger partial charge in [-0.2, -0.15) is 16.1 Å². The summed E-state index contributed by atoms with van der Waals surface area (Å²) in [7, 11) is 0. The average molecular weight is 278 g/mol. The SMILES string of the molecule is CSCc1cccc(NC(=O)c2csnc2C)c1. The Morgan fingerprint density at radius 1 is 1.50 bits per heavy atom. The van der Waals surface area contributed by atoms with Crippen molar-refractivity contribution in [3.05, 3.63) is 46.5 Å². The van der Waals surface area contributed by atoms with Crippen LogP contribution in [0, 0.1) is 6.92 Å². The van der Waals surface area contributed by atoms with Crippen LogP contribution in [-0.2, 0) is 5.75 Å². The summed E-state index contributed by atoms with van der Waals surface area (Å²) in [4.78, 5) is 12.0. The van der Waals surface area contributed by atoms with E-state index < -0.39 is 0 Å². The van der Waals surface area contributed by atoms with E-state index in [1.165, 1.54) is 17.1 Å². The van der Waals surface area contributed by atoms with Crippen molar-refractivity contribution >= 4 is 34.9 Å². The number of thioether (sulfide) groups is 1. The molecule has 0 radical (unpaired) electrons. The van der Waals surface area contributed by atoms with Gasteiger partial charge in [-0.1, -0.05) is 12.1 Å². The van der Waals surface area contributed by atoms with Crippen molar-refractivity contribution < 1.29 is 4.79 Å². The number of nitrogens with one attached hydrogen (secondary N) is 1. The third kappa shape index (κ3) is 3.11. The molecule has 18 heavy (non-hydrogen) atoms. The standard InChI is InChI=1S/C13H14N2OS2/c1-9-12(8-18-15-9)13(16)14-11-5-3-4-10(6-11)7-17-2/h3-6,8H,7H2,1-2H3,(H,14,16). The molecule has 3 nitrogen and oxygen atoms in total. The van der Waals surface area contributed by atoms with Gasteiger partial charge in [-0.15, -0.1) is 0 Å². The first kappa shape index (κ1) is 13.1. The van der Waals surface area contributed by atoms with Gasteiger partial charge in [-0.05, 0) is 42.4 Å². The molecule has 0 saturated heterocycles. The van der Waals surface area contributed by atoms with Crippen LogP contribution in [0.2, 0.25) is 0 Å². The highest BCUT2D eigenvalue weighted by molar-refractivity contribution is 7.97. The Hall–Kier alpha value is -1.33. The first-order chi connectivity index (χ1) is 8.70.